The Morgan fingerprint density at radius 2 is 2.04 bits per heavy atom. The van der Waals surface area contributed by atoms with E-state index in [1.807, 2.05) is 24.3 Å². The van der Waals surface area contributed by atoms with Crippen molar-refractivity contribution in [1.82, 2.24) is 0 Å². The number of nitro benzene ring substituents is 1. The van der Waals surface area contributed by atoms with Crippen LogP contribution in [0.2, 0.25) is 5.02 Å². The van der Waals surface area contributed by atoms with Gasteiger partial charge in [-0.2, -0.15) is 5.10 Å². The van der Waals surface area contributed by atoms with Crippen molar-refractivity contribution in [3.8, 4) is 0 Å². The highest BCUT2D eigenvalue weighted by Gasteiger charge is 2.02. The van der Waals surface area contributed by atoms with Gasteiger partial charge in [0.25, 0.3) is 5.69 Å². The summed E-state index contributed by atoms with van der Waals surface area (Å²) in [5, 5.41) is 19.3. The lowest BCUT2D eigenvalue weighted by Gasteiger charge is -2.00. The van der Waals surface area contributed by atoms with E-state index in [0.29, 0.717) is 21.5 Å². The van der Waals surface area contributed by atoms with Crippen LogP contribution in [-0.4, -0.2) is 16.3 Å². The van der Waals surface area contributed by atoms with Crippen LogP contribution < -0.4 is 5.73 Å². The number of nitrogens with two attached hydrogens (primary N) is 1. The van der Waals surface area contributed by atoms with E-state index >= 15 is 0 Å². The Labute approximate surface area is 142 Å². The molecule has 118 valence electrons. The van der Waals surface area contributed by atoms with Crippen molar-refractivity contribution in [3.63, 3.8) is 0 Å². The lowest BCUT2D eigenvalue weighted by atomic mass is 10.2. The molecule has 23 heavy (non-hydrogen) atoms. The molecule has 0 saturated carbocycles. The summed E-state index contributed by atoms with van der Waals surface area (Å²) in [5.41, 5.74) is 7.54. The van der Waals surface area contributed by atoms with Gasteiger partial charge in [0, 0.05) is 22.9 Å². The molecule has 0 radical (unpaired) electrons. The second kappa shape index (κ2) is 8.30. The summed E-state index contributed by atoms with van der Waals surface area (Å²) in [6.07, 6.45) is 1.48. The number of hydrogen-bond donors (Lipinski definition) is 1. The standard InChI is InChI=1S/C15H13ClN4O2S/c16-13-3-1-2-12(8-13)10-23-15(17)19-18-9-11-4-6-14(7-5-11)20(21)22/h1-9H,10H2,(H2,17,19)/b18-9+. The van der Waals surface area contributed by atoms with E-state index in [4.69, 9.17) is 17.3 Å². The van der Waals surface area contributed by atoms with Gasteiger partial charge in [0.15, 0.2) is 5.17 Å². The van der Waals surface area contributed by atoms with Crippen molar-refractivity contribution in [2.24, 2.45) is 15.9 Å². The fourth-order valence-electron chi connectivity index (χ4n) is 1.65. The smallest absolute Gasteiger partial charge is 0.269 e. The molecule has 0 bridgehead atoms. The Balaban J connectivity index is 1.89. The molecule has 0 aliphatic heterocycles. The first-order chi connectivity index (χ1) is 11.0. The molecule has 2 aromatic rings. The van der Waals surface area contributed by atoms with Gasteiger partial charge >= 0.3 is 0 Å². The highest BCUT2D eigenvalue weighted by Crippen LogP contribution is 2.16. The number of nitrogens with zero attached hydrogens (tertiary/aromatic N) is 3. The van der Waals surface area contributed by atoms with E-state index in [-0.39, 0.29) is 5.69 Å². The summed E-state index contributed by atoms with van der Waals surface area (Å²) in [7, 11) is 0. The van der Waals surface area contributed by atoms with Crippen LogP contribution in [0.25, 0.3) is 0 Å². The minimum absolute atomic E-state index is 0.0299. The van der Waals surface area contributed by atoms with Gasteiger partial charge in [-0.3, -0.25) is 10.1 Å². The molecular weight excluding hydrogens is 336 g/mol. The molecule has 0 amide bonds. The second-order valence-corrected chi connectivity index (χ2v) is 5.88. The van der Waals surface area contributed by atoms with Crippen LogP contribution in [0.3, 0.4) is 0 Å². The Morgan fingerprint density at radius 1 is 1.30 bits per heavy atom. The molecule has 6 nitrogen and oxygen atoms in total. The average Bonchev–Trinajstić information content (AvgIpc) is 2.53. The van der Waals surface area contributed by atoms with E-state index < -0.39 is 4.92 Å². The quantitative estimate of drug-likeness (QED) is 0.384. The molecule has 2 N–H and O–H groups in total. The van der Waals surface area contributed by atoms with Crippen molar-refractivity contribution >= 4 is 40.4 Å². The Morgan fingerprint density at radius 3 is 2.70 bits per heavy atom. The molecule has 0 spiro atoms. The van der Waals surface area contributed by atoms with Crippen molar-refractivity contribution in [1.29, 1.82) is 0 Å². The first-order valence-electron chi connectivity index (χ1n) is 6.53. The summed E-state index contributed by atoms with van der Waals surface area (Å²) >= 11 is 7.25. The minimum Gasteiger partial charge on any atom is -0.377 e. The number of nitro groups is 1. The SMILES string of the molecule is N/C(=N\N=C\c1ccc([N+](=O)[O-])cc1)SCc1cccc(Cl)c1. The Bertz CT molecular complexity index is 747. The normalized spacial score (nSPS) is 11.8. The fraction of sp³-hybridized carbons (Fsp3) is 0.0667. The summed E-state index contributed by atoms with van der Waals surface area (Å²) in [4.78, 5) is 10.1. The third-order valence-corrected chi connectivity index (χ3v) is 3.83. The molecular formula is C15H13ClN4O2S. The van der Waals surface area contributed by atoms with E-state index in [1.165, 1.54) is 30.1 Å². The van der Waals surface area contributed by atoms with E-state index in [1.54, 1.807) is 12.1 Å². The number of halogens is 1. The number of benzene rings is 2. The number of non-ortho nitro benzene ring substituents is 1. The first-order valence-corrected chi connectivity index (χ1v) is 7.89. The van der Waals surface area contributed by atoms with Gasteiger partial charge in [0.2, 0.25) is 0 Å². The highest BCUT2D eigenvalue weighted by molar-refractivity contribution is 8.13. The van der Waals surface area contributed by atoms with E-state index in [0.717, 1.165) is 5.56 Å². The molecule has 2 rings (SSSR count). The molecule has 8 heteroatoms. The first kappa shape index (κ1) is 17.0. The number of amidine groups is 1. The van der Waals surface area contributed by atoms with Gasteiger partial charge in [0.1, 0.15) is 0 Å². The van der Waals surface area contributed by atoms with Gasteiger partial charge in [-0.05, 0) is 35.4 Å². The maximum Gasteiger partial charge on any atom is 0.269 e. The lowest BCUT2D eigenvalue weighted by Crippen LogP contribution is -2.06. The van der Waals surface area contributed by atoms with Crippen LogP contribution in [0.5, 0.6) is 0 Å². The molecule has 0 heterocycles. The van der Waals surface area contributed by atoms with Crippen molar-refractivity contribution < 1.29 is 4.92 Å². The number of thioether (sulfide) groups is 1. The highest BCUT2D eigenvalue weighted by atomic mass is 35.5. The third kappa shape index (κ3) is 5.72. The molecule has 0 aliphatic carbocycles. The van der Waals surface area contributed by atoms with Crippen LogP contribution >= 0.6 is 23.4 Å². The third-order valence-electron chi connectivity index (χ3n) is 2.74. The van der Waals surface area contributed by atoms with Crippen LogP contribution in [0.1, 0.15) is 11.1 Å². The van der Waals surface area contributed by atoms with Crippen LogP contribution in [0.15, 0.2) is 58.7 Å². The molecule has 0 aromatic heterocycles. The average molecular weight is 349 g/mol. The van der Waals surface area contributed by atoms with Gasteiger partial charge in [-0.25, -0.2) is 0 Å². The minimum atomic E-state index is -0.455. The van der Waals surface area contributed by atoms with Crippen molar-refractivity contribution in [2.75, 3.05) is 0 Å². The monoisotopic (exact) mass is 348 g/mol. The van der Waals surface area contributed by atoms with Gasteiger partial charge < -0.3 is 5.73 Å². The van der Waals surface area contributed by atoms with Crippen molar-refractivity contribution in [2.45, 2.75) is 5.75 Å². The molecule has 0 atom stereocenters. The molecule has 0 aliphatic rings. The largest absolute Gasteiger partial charge is 0.377 e. The molecule has 0 saturated heterocycles. The molecule has 0 unspecified atom stereocenters. The molecule has 0 fully saturated rings. The van der Waals surface area contributed by atoms with E-state index in [9.17, 15) is 10.1 Å². The summed E-state index contributed by atoms with van der Waals surface area (Å²) in [6, 6.07) is 13.5. The summed E-state index contributed by atoms with van der Waals surface area (Å²) in [5.74, 6) is 0.642. The Hall–Kier alpha value is -2.38. The predicted octanol–water partition coefficient (Wildman–Crippen LogP) is 3.83. The van der Waals surface area contributed by atoms with Gasteiger partial charge in [-0.1, -0.05) is 35.5 Å². The zero-order valence-electron chi connectivity index (χ0n) is 11.9. The topological polar surface area (TPSA) is 93.9 Å². The predicted molar refractivity (Wildman–Crippen MR) is 95.1 cm³/mol. The summed E-state index contributed by atoms with van der Waals surface area (Å²) < 4.78 is 0. The maximum atomic E-state index is 10.5. The second-order valence-electron chi connectivity index (χ2n) is 4.45. The van der Waals surface area contributed by atoms with Crippen LogP contribution in [0, 0.1) is 10.1 Å². The molecule has 2 aromatic carbocycles. The van der Waals surface area contributed by atoms with Crippen LogP contribution in [-0.2, 0) is 5.75 Å². The Kier molecular flexibility index (Phi) is 6.13. The lowest BCUT2D eigenvalue weighted by molar-refractivity contribution is -0.384. The summed E-state index contributed by atoms with van der Waals surface area (Å²) in [6.45, 7) is 0. The maximum absolute atomic E-state index is 10.5. The van der Waals surface area contributed by atoms with Gasteiger partial charge in [0.05, 0.1) is 11.1 Å². The van der Waals surface area contributed by atoms with Gasteiger partial charge in [-0.15, -0.1) is 5.10 Å². The van der Waals surface area contributed by atoms with E-state index in [2.05, 4.69) is 10.2 Å². The zero-order chi connectivity index (χ0) is 16.7. The number of hydrogen-bond acceptors (Lipinski definition) is 5. The van der Waals surface area contributed by atoms with Crippen LogP contribution in [0.4, 0.5) is 5.69 Å². The zero-order valence-corrected chi connectivity index (χ0v) is 13.5. The fourth-order valence-corrected chi connectivity index (χ4v) is 2.46. The van der Waals surface area contributed by atoms with Crippen molar-refractivity contribution in [3.05, 3.63) is 74.8 Å². The number of rotatable bonds is 5.